The highest BCUT2D eigenvalue weighted by atomic mass is 16.6. The molecule has 5 rings (SSSR count). The molecule has 3 heterocycles. The summed E-state index contributed by atoms with van der Waals surface area (Å²) >= 11 is 0. The SMILES string of the molecule is C=C1[C@@H]2C=C[C@H]3[C@@H](C4=CCOC4=O)OC(=O)C[C@@]13O[C@H]1CC(=O)C(C)(C)[C@H](CC(=O)OC)[C@@H]12. The van der Waals surface area contributed by atoms with Gasteiger partial charge >= 0.3 is 17.9 Å². The van der Waals surface area contributed by atoms with Gasteiger partial charge in [0.05, 0.1) is 31.1 Å². The van der Waals surface area contributed by atoms with Gasteiger partial charge in [-0.3, -0.25) is 14.4 Å². The zero-order valence-electron chi connectivity index (χ0n) is 19.0. The van der Waals surface area contributed by atoms with Gasteiger partial charge in [0, 0.05) is 24.2 Å². The molecule has 0 aromatic heterocycles. The molecular formula is C25H28O8. The number of methoxy groups -OCH3 is 1. The maximum Gasteiger partial charge on any atom is 0.337 e. The molecule has 2 saturated heterocycles. The highest BCUT2D eigenvalue weighted by molar-refractivity contribution is 5.93. The lowest BCUT2D eigenvalue weighted by Crippen LogP contribution is -2.66. The van der Waals surface area contributed by atoms with Crippen LogP contribution in [0.5, 0.6) is 0 Å². The van der Waals surface area contributed by atoms with E-state index in [0.29, 0.717) is 5.57 Å². The number of esters is 3. The number of ether oxygens (including phenoxy) is 4. The Kier molecular flexibility index (Phi) is 4.94. The molecule has 3 fully saturated rings. The van der Waals surface area contributed by atoms with E-state index < -0.39 is 41.1 Å². The number of fused-ring (bicyclic) bond motifs is 3. The summed E-state index contributed by atoms with van der Waals surface area (Å²) in [6, 6.07) is 0. The second-order valence-electron chi connectivity index (χ2n) is 10.2. The Bertz CT molecular complexity index is 1020. The molecule has 8 nitrogen and oxygen atoms in total. The van der Waals surface area contributed by atoms with Crippen LogP contribution in [0.3, 0.4) is 0 Å². The van der Waals surface area contributed by atoms with Crippen LogP contribution >= 0.6 is 0 Å². The maximum absolute atomic E-state index is 13.2. The second kappa shape index (κ2) is 7.38. The van der Waals surface area contributed by atoms with E-state index in [1.807, 2.05) is 26.0 Å². The predicted octanol–water partition coefficient (Wildman–Crippen LogP) is 2.08. The van der Waals surface area contributed by atoms with Crippen molar-refractivity contribution in [2.45, 2.75) is 50.9 Å². The number of hydrogen-bond donors (Lipinski definition) is 0. The van der Waals surface area contributed by atoms with Crippen molar-refractivity contribution < 1.29 is 38.1 Å². The van der Waals surface area contributed by atoms with Crippen molar-refractivity contribution in [2.24, 2.45) is 29.1 Å². The van der Waals surface area contributed by atoms with Gasteiger partial charge in [0.15, 0.2) is 0 Å². The van der Waals surface area contributed by atoms with E-state index in [-0.39, 0.29) is 55.4 Å². The summed E-state index contributed by atoms with van der Waals surface area (Å²) in [5.74, 6) is -2.48. The second-order valence-corrected chi connectivity index (χ2v) is 10.2. The van der Waals surface area contributed by atoms with Crippen LogP contribution < -0.4 is 0 Å². The van der Waals surface area contributed by atoms with Crippen LogP contribution in [0.25, 0.3) is 0 Å². The van der Waals surface area contributed by atoms with Crippen LogP contribution in [0.4, 0.5) is 0 Å². The minimum absolute atomic E-state index is 0.0113. The first-order valence-electron chi connectivity index (χ1n) is 11.3. The largest absolute Gasteiger partial charge is 0.469 e. The fourth-order valence-corrected chi connectivity index (χ4v) is 6.53. The van der Waals surface area contributed by atoms with Gasteiger partial charge in [0.2, 0.25) is 0 Å². The van der Waals surface area contributed by atoms with E-state index in [1.54, 1.807) is 6.08 Å². The van der Waals surface area contributed by atoms with Gasteiger partial charge in [0.1, 0.15) is 24.1 Å². The van der Waals surface area contributed by atoms with Crippen molar-refractivity contribution in [2.75, 3.05) is 13.7 Å². The number of carbonyl (C=O) groups excluding carboxylic acids is 4. The molecule has 1 saturated carbocycles. The highest BCUT2D eigenvalue weighted by Gasteiger charge is 2.65. The van der Waals surface area contributed by atoms with Crippen LogP contribution in [0.15, 0.2) is 36.0 Å². The minimum atomic E-state index is -1.08. The fraction of sp³-hybridized carbons (Fsp3) is 0.600. The lowest BCUT2D eigenvalue weighted by atomic mass is 9.51. The lowest BCUT2D eigenvalue weighted by Gasteiger charge is -2.61. The van der Waals surface area contributed by atoms with Gasteiger partial charge in [-0.1, -0.05) is 32.6 Å². The third kappa shape index (κ3) is 3.06. The van der Waals surface area contributed by atoms with E-state index in [1.165, 1.54) is 7.11 Å². The quantitative estimate of drug-likeness (QED) is 0.361. The van der Waals surface area contributed by atoms with Crippen LogP contribution in [-0.4, -0.2) is 55.2 Å². The Morgan fingerprint density at radius 2 is 2.00 bits per heavy atom. The molecule has 3 aliphatic heterocycles. The summed E-state index contributed by atoms with van der Waals surface area (Å²) in [6.45, 7) is 8.24. The maximum atomic E-state index is 13.2. The first kappa shape index (κ1) is 22.1. The van der Waals surface area contributed by atoms with Crippen molar-refractivity contribution in [3.05, 3.63) is 36.0 Å². The van der Waals surface area contributed by atoms with Crippen molar-refractivity contribution >= 4 is 23.7 Å². The molecule has 0 N–H and O–H groups in total. The smallest absolute Gasteiger partial charge is 0.337 e. The van der Waals surface area contributed by atoms with Gasteiger partial charge in [-0.15, -0.1) is 0 Å². The molecule has 176 valence electrons. The highest BCUT2D eigenvalue weighted by Crippen LogP contribution is 2.60. The average molecular weight is 456 g/mol. The molecule has 2 aliphatic carbocycles. The van der Waals surface area contributed by atoms with E-state index in [9.17, 15) is 19.2 Å². The van der Waals surface area contributed by atoms with E-state index in [4.69, 9.17) is 18.9 Å². The van der Waals surface area contributed by atoms with Gasteiger partial charge in [-0.05, 0) is 23.5 Å². The topological polar surface area (TPSA) is 105 Å². The molecule has 33 heavy (non-hydrogen) atoms. The Hall–Kier alpha value is -2.74. The van der Waals surface area contributed by atoms with Crippen molar-refractivity contribution in [3.63, 3.8) is 0 Å². The summed E-state index contributed by atoms with van der Waals surface area (Å²) in [5, 5.41) is 0. The molecule has 0 aromatic carbocycles. The first-order valence-corrected chi connectivity index (χ1v) is 11.3. The average Bonchev–Trinajstić information content (AvgIpc) is 3.17. The van der Waals surface area contributed by atoms with Crippen LogP contribution in [0, 0.1) is 29.1 Å². The Morgan fingerprint density at radius 3 is 2.67 bits per heavy atom. The Labute approximate surface area is 192 Å². The molecule has 5 aliphatic rings. The Balaban J connectivity index is 1.58. The third-order valence-corrected chi connectivity index (χ3v) is 8.38. The molecule has 0 radical (unpaired) electrons. The van der Waals surface area contributed by atoms with Crippen molar-refractivity contribution in [1.82, 2.24) is 0 Å². The number of ketones is 1. The fourth-order valence-electron chi connectivity index (χ4n) is 6.53. The molecule has 0 aromatic rings. The summed E-state index contributed by atoms with van der Waals surface area (Å²) in [4.78, 5) is 50.4. The van der Waals surface area contributed by atoms with E-state index in [2.05, 4.69) is 6.58 Å². The number of hydrogen-bond acceptors (Lipinski definition) is 8. The molecule has 1 spiro atoms. The van der Waals surface area contributed by atoms with Gasteiger partial charge in [-0.2, -0.15) is 0 Å². The number of rotatable bonds is 3. The summed E-state index contributed by atoms with van der Waals surface area (Å²) < 4.78 is 22.3. The zero-order valence-corrected chi connectivity index (χ0v) is 19.0. The monoisotopic (exact) mass is 456 g/mol. The van der Waals surface area contributed by atoms with Gasteiger partial charge < -0.3 is 18.9 Å². The molecule has 8 heteroatoms. The van der Waals surface area contributed by atoms with Crippen molar-refractivity contribution in [3.8, 4) is 0 Å². The van der Waals surface area contributed by atoms with E-state index >= 15 is 0 Å². The third-order valence-electron chi connectivity index (χ3n) is 8.38. The van der Waals surface area contributed by atoms with Crippen LogP contribution in [0.1, 0.15) is 33.1 Å². The minimum Gasteiger partial charge on any atom is -0.469 e. The molecule has 0 unspecified atom stereocenters. The molecule has 0 amide bonds. The lowest BCUT2D eigenvalue weighted by molar-refractivity contribution is -0.224. The number of cyclic esters (lactones) is 2. The number of carbonyl (C=O) groups is 4. The standard InChI is InChI=1S/C25H28O8/c1-12-13-5-6-15-22(14-7-8-31-23(14)29)32-20(28)11-25(12,15)33-17-10-18(26)24(2,3)16(21(13)17)9-19(27)30-4/h5-7,13,15-17,21-22H,1,8-11H2,2-4H3/t13-,15-,16+,17-,21-,22+,25+/m0/s1. The zero-order chi connectivity index (χ0) is 23.7. The molecular weight excluding hydrogens is 428 g/mol. The number of allylic oxidation sites excluding steroid dienone is 1. The van der Waals surface area contributed by atoms with Crippen LogP contribution in [0.2, 0.25) is 0 Å². The van der Waals surface area contributed by atoms with Crippen molar-refractivity contribution in [1.29, 1.82) is 0 Å². The number of Topliss-reactive ketones (excluding diaryl/α,β-unsaturated/α-hetero) is 1. The summed E-state index contributed by atoms with van der Waals surface area (Å²) in [7, 11) is 1.34. The van der Waals surface area contributed by atoms with E-state index in [0.717, 1.165) is 5.57 Å². The predicted molar refractivity (Wildman–Crippen MR) is 113 cm³/mol. The normalized spacial score (nSPS) is 40.9. The first-order chi connectivity index (χ1) is 15.6. The van der Waals surface area contributed by atoms with Crippen LogP contribution in [-0.2, 0) is 38.1 Å². The molecule has 7 atom stereocenters. The van der Waals surface area contributed by atoms with Gasteiger partial charge in [-0.25, -0.2) is 4.79 Å². The summed E-state index contributed by atoms with van der Waals surface area (Å²) in [5.41, 5.74) is -0.786. The van der Waals surface area contributed by atoms with Gasteiger partial charge in [0.25, 0.3) is 0 Å². The summed E-state index contributed by atoms with van der Waals surface area (Å²) in [6.07, 6.45) is 4.51. The molecule has 2 bridgehead atoms. The Morgan fingerprint density at radius 1 is 1.24 bits per heavy atom.